The lowest BCUT2D eigenvalue weighted by Crippen LogP contribution is -2.38. The minimum atomic E-state index is -4.11. The van der Waals surface area contributed by atoms with Gasteiger partial charge in [0.15, 0.2) is 5.65 Å². The van der Waals surface area contributed by atoms with Crippen LogP contribution in [-0.2, 0) is 21.4 Å². The number of halogens is 2. The van der Waals surface area contributed by atoms with Crippen molar-refractivity contribution in [2.45, 2.75) is 89.7 Å². The fraction of sp³-hybridized carbons (Fsp3) is 0.528. The highest BCUT2D eigenvalue weighted by atomic mass is 32.2. The maximum absolute atomic E-state index is 14.4. The van der Waals surface area contributed by atoms with Crippen molar-refractivity contribution in [1.82, 2.24) is 33.8 Å². The number of carbonyl (C=O) groups is 1. The molecule has 7 rings (SSSR count). The van der Waals surface area contributed by atoms with E-state index in [9.17, 15) is 27.1 Å². The van der Waals surface area contributed by atoms with Gasteiger partial charge >= 0.3 is 5.97 Å². The SMILES string of the molecule is Cc1cnc([C@@H](c2ccn3c(C(F)F)nnc3c2C)C(C)(C)C(=O)O)cc1CN1CC2(CC2)Oc2nc(OCCN3CCCC3)c(C)cc2S1(=O)=O. The number of aromatic nitrogens is 5. The van der Waals surface area contributed by atoms with E-state index in [0.717, 1.165) is 19.6 Å². The molecule has 1 saturated heterocycles. The van der Waals surface area contributed by atoms with E-state index in [1.54, 1.807) is 52.1 Å². The smallest absolute Gasteiger partial charge is 0.310 e. The van der Waals surface area contributed by atoms with Crippen LogP contribution in [0.1, 0.15) is 91.2 Å². The number of nitrogens with zero attached hydrogens (tertiary/aromatic N) is 7. The molecule has 2 fully saturated rings. The average Bonchev–Trinajstić information content (AvgIpc) is 3.44. The predicted molar refractivity (Wildman–Crippen MR) is 185 cm³/mol. The molecule has 3 aliphatic rings. The van der Waals surface area contributed by atoms with Gasteiger partial charge in [0.05, 0.1) is 12.0 Å². The number of aliphatic carboxylic acids is 1. The number of pyridine rings is 3. The Balaban J connectivity index is 1.23. The lowest BCUT2D eigenvalue weighted by molar-refractivity contribution is -0.147. The van der Waals surface area contributed by atoms with Crippen molar-refractivity contribution in [1.29, 1.82) is 0 Å². The van der Waals surface area contributed by atoms with Crippen molar-refractivity contribution >= 4 is 21.6 Å². The Hall–Kier alpha value is -4.28. The number of fused-ring (bicyclic) bond motifs is 2. The third-order valence-corrected chi connectivity index (χ3v) is 12.5. The molecule has 4 aromatic rings. The Labute approximate surface area is 301 Å². The second-order valence-electron chi connectivity index (χ2n) is 14.8. The molecule has 6 heterocycles. The molecule has 1 atom stereocenters. The van der Waals surface area contributed by atoms with Gasteiger partial charge in [0.1, 0.15) is 17.1 Å². The standard InChI is InChI=1S/C36H43F2N7O6S/c1-21-16-27-33(40-32(21)50-15-14-43-11-6-7-12-43)51-36(9-10-36)20-44(52(27,48)49)19-24-17-26(39-18-22(24)2)28(35(4,5)34(46)47)25-8-13-45-30(23(25)3)41-42-31(45)29(37)38/h8,13,16-18,28-29H,6-7,9-12,14-15,19-20H2,1-5H3,(H,46,47)/t28-/m1/s1. The molecule has 52 heavy (non-hydrogen) atoms. The van der Waals surface area contributed by atoms with Crippen LogP contribution in [0.4, 0.5) is 8.78 Å². The molecule has 13 nitrogen and oxygen atoms in total. The monoisotopic (exact) mass is 739 g/mol. The molecule has 1 spiro atoms. The zero-order valence-corrected chi connectivity index (χ0v) is 30.7. The molecule has 2 aliphatic heterocycles. The van der Waals surface area contributed by atoms with Crippen LogP contribution in [0.15, 0.2) is 35.5 Å². The minimum Gasteiger partial charge on any atom is -0.481 e. The first-order valence-corrected chi connectivity index (χ1v) is 18.9. The summed E-state index contributed by atoms with van der Waals surface area (Å²) in [5, 5.41) is 18.1. The molecule has 278 valence electrons. The molecular formula is C36H43F2N7O6S. The Morgan fingerprint density at radius 2 is 1.85 bits per heavy atom. The van der Waals surface area contributed by atoms with Gasteiger partial charge in [-0.2, -0.15) is 9.29 Å². The molecule has 0 amide bonds. The molecule has 4 aromatic heterocycles. The first-order chi connectivity index (χ1) is 24.6. The number of likely N-dealkylation sites (tertiary alicyclic amines) is 1. The summed E-state index contributed by atoms with van der Waals surface area (Å²) < 4.78 is 71.1. The molecule has 1 aliphatic carbocycles. The van der Waals surface area contributed by atoms with Gasteiger partial charge in [-0.1, -0.05) is 0 Å². The van der Waals surface area contributed by atoms with Crippen LogP contribution in [0.3, 0.4) is 0 Å². The third-order valence-electron chi connectivity index (χ3n) is 10.7. The van der Waals surface area contributed by atoms with Crippen LogP contribution >= 0.6 is 0 Å². The number of carboxylic acid groups (broad SMARTS) is 1. The molecule has 16 heteroatoms. The van der Waals surface area contributed by atoms with Crippen molar-refractivity contribution in [3.8, 4) is 11.8 Å². The Bertz CT molecular complexity index is 2150. The van der Waals surface area contributed by atoms with Gasteiger partial charge in [-0.3, -0.25) is 19.1 Å². The van der Waals surface area contributed by atoms with Crippen molar-refractivity contribution in [3.05, 3.63) is 69.9 Å². The minimum absolute atomic E-state index is 0.0263. The molecular weight excluding hydrogens is 697 g/mol. The number of sulfonamides is 1. The van der Waals surface area contributed by atoms with E-state index in [0.29, 0.717) is 58.8 Å². The summed E-state index contributed by atoms with van der Waals surface area (Å²) in [5.74, 6) is -2.09. The molecule has 1 saturated carbocycles. The lowest BCUT2D eigenvalue weighted by atomic mass is 9.71. The van der Waals surface area contributed by atoms with Crippen molar-refractivity contribution < 1.29 is 36.6 Å². The van der Waals surface area contributed by atoms with Gasteiger partial charge in [0.2, 0.25) is 27.6 Å². The maximum Gasteiger partial charge on any atom is 0.310 e. The third kappa shape index (κ3) is 6.49. The van der Waals surface area contributed by atoms with Crippen LogP contribution in [-0.4, -0.2) is 91.7 Å². The molecule has 0 bridgehead atoms. The molecule has 0 unspecified atom stereocenters. The van der Waals surface area contributed by atoms with E-state index in [2.05, 4.69) is 25.1 Å². The van der Waals surface area contributed by atoms with Gasteiger partial charge < -0.3 is 14.6 Å². The van der Waals surface area contributed by atoms with Gasteiger partial charge in [-0.25, -0.2) is 17.2 Å². The Morgan fingerprint density at radius 1 is 1.12 bits per heavy atom. The second kappa shape index (κ2) is 13.3. The molecule has 1 N–H and O–H groups in total. The van der Waals surface area contributed by atoms with Crippen LogP contribution in [0.5, 0.6) is 11.8 Å². The number of alkyl halides is 2. The number of carboxylic acids is 1. The van der Waals surface area contributed by atoms with Crippen LogP contribution in [0.2, 0.25) is 0 Å². The Morgan fingerprint density at radius 3 is 2.52 bits per heavy atom. The zero-order chi connectivity index (χ0) is 37.2. The quantitative estimate of drug-likeness (QED) is 0.216. The van der Waals surface area contributed by atoms with E-state index < -0.39 is 45.2 Å². The highest BCUT2D eigenvalue weighted by molar-refractivity contribution is 7.89. The van der Waals surface area contributed by atoms with Gasteiger partial charge in [-0.05, 0) is 114 Å². The first-order valence-electron chi connectivity index (χ1n) is 17.5. The fourth-order valence-electron chi connectivity index (χ4n) is 7.28. The highest BCUT2D eigenvalue weighted by Crippen LogP contribution is 2.48. The predicted octanol–water partition coefficient (Wildman–Crippen LogP) is 5.22. The van der Waals surface area contributed by atoms with Crippen LogP contribution in [0.25, 0.3) is 5.65 Å². The number of ether oxygens (including phenoxy) is 2. The van der Waals surface area contributed by atoms with E-state index >= 15 is 0 Å². The highest BCUT2D eigenvalue weighted by Gasteiger charge is 2.53. The summed E-state index contributed by atoms with van der Waals surface area (Å²) >= 11 is 0. The summed E-state index contributed by atoms with van der Waals surface area (Å²) in [6, 6.07) is 4.90. The summed E-state index contributed by atoms with van der Waals surface area (Å²) in [4.78, 5) is 24.3. The average molecular weight is 740 g/mol. The van der Waals surface area contributed by atoms with Gasteiger partial charge in [-0.15, -0.1) is 10.2 Å². The van der Waals surface area contributed by atoms with Crippen LogP contribution < -0.4 is 9.47 Å². The van der Waals surface area contributed by atoms with E-state index in [-0.39, 0.29) is 29.5 Å². The van der Waals surface area contributed by atoms with E-state index in [4.69, 9.17) is 9.47 Å². The topological polar surface area (TPSA) is 152 Å². The Kier molecular flexibility index (Phi) is 9.23. The van der Waals surface area contributed by atoms with Crippen LogP contribution in [0, 0.1) is 26.2 Å². The number of aryl methyl sites for hydroxylation is 3. The summed E-state index contributed by atoms with van der Waals surface area (Å²) in [5.41, 5.74) is 1.34. The normalized spacial score (nSPS) is 19.1. The lowest BCUT2D eigenvalue weighted by Gasteiger charge is -2.32. The second-order valence-corrected chi connectivity index (χ2v) is 16.7. The summed E-state index contributed by atoms with van der Waals surface area (Å²) in [6.45, 7) is 11.8. The van der Waals surface area contributed by atoms with E-state index in [1.165, 1.54) is 27.7 Å². The fourth-order valence-corrected chi connectivity index (χ4v) is 8.91. The zero-order valence-electron chi connectivity index (χ0n) is 29.9. The number of rotatable bonds is 11. The van der Waals surface area contributed by atoms with Crippen molar-refractivity contribution in [2.24, 2.45) is 5.41 Å². The summed E-state index contributed by atoms with van der Waals surface area (Å²) in [6.07, 6.45) is 3.83. The summed E-state index contributed by atoms with van der Waals surface area (Å²) in [7, 11) is -4.11. The molecule has 0 radical (unpaired) electrons. The first kappa shape index (κ1) is 36.1. The van der Waals surface area contributed by atoms with Gasteiger partial charge in [0.25, 0.3) is 6.43 Å². The van der Waals surface area contributed by atoms with Gasteiger partial charge in [0, 0.05) is 42.7 Å². The maximum atomic E-state index is 14.4. The molecule has 0 aromatic carbocycles. The van der Waals surface area contributed by atoms with Crippen molar-refractivity contribution in [3.63, 3.8) is 0 Å². The number of hydrogen-bond acceptors (Lipinski definition) is 10. The van der Waals surface area contributed by atoms with E-state index in [1.807, 2.05) is 6.92 Å². The largest absolute Gasteiger partial charge is 0.481 e. The van der Waals surface area contributed by atoms with Crippen molar-refractivity contribution in [2.75, 3.05) is 32.8 Å². The number of hydrogen-bond donors (Lipinski definition) is 1.